The molecular weight excluding hydrogens is 1520 g/mol. The molecule has 28 heteroatoms. The maximum absolute atomic E-state index is 12.8. The van der Waals surface area contributed by atoms with Gasteiger partial charge in [-0.1, -0.05) is 242 Å². The quantitative estimate of drug-likeness (QED) is 0.0315. The Morgan fingerprint density at radius 2 is 0.750 bits per heavy atom. The number of hydrogen-bond donors (Lipinski definition) is 0. The van der Waals surface area contributed by atoms with E-state index in [1.54, 1.807) is 65.0 Å². The fourth-order valence-electron chi connectivity index (χ4n) is 12.9. The molecule has 5 aromatic rings. The number of unbranched alkanes of at least 4 members (excludes halogenated alkanes) is 5. The zero-order valence-corrected chi connectivity index (χ0v) is 67.9. The molecule has 0 unspecified atom stereocenters. The van der Waals surface area contributed by atoms with Gasteiger partial charge in [0.2, 0.25) is 0 Å². The van der Waals surface area contributed by atoms with E-state index in [0.29, 0.717) is 83.5 Å². The van der Waals surface area contributed by atoms with E-state index in [1.165, 1.54) is 65.6 Å². The van der Waals surface area contributed by atoms with Gasteiger partial charge in [0.1, 0.15) is 49.3 Å². The third kappa shape index (κ3) is 22.2. The Balaban J connectivity index is 0.000000182. The lowest BCUT2D eigenvalue weighted by Crippen LogP contribution is -2.37. The summed E-state index contributed by atoms with van der Waals surface area (Å²) in [6.07, 6.45) is 17.4. The number of rotatable bonds is 24. The van der Waals surface area contributed by atoms with E-state index in [4.69, 9.17) is 17.1 Å². The number of hydrogen-bond acceptors (Lipinski definition) is 24. The molecule has 0 radical (unpaired) electrons. The molecule has 2 aliphatic carbocycles. The summed E-state index contributed by atoms with van der Waals surface area (Å²) >= 11 is 4.93. The highest BCUT2D eigenvalue weighted by Gasteiger charge is 2.60. The molecule has 2 saturated carbocycles. The number of benzene rings is 5. The van der Waals surface area contributed by atoms with E-state index in [2.05, 4.69) is 65.7 Å². The number of aryl methyl sites for hydroxylation is 5. The Morgan fingerprint density at radius 1 is 0.426 bits per heavy atom. The van der Waals surface area contributed by atoms with E-state index >= 15 is 0 Å². The van der Waals surface area contributed by atoms with E-state index in [-0.39, 0.29) is 33.0 Å². The molecule has 564 valence electrons. The van der Waals surface area contributed by atoms with Crippen LogP contribution in [0.4, 0.5) is 0 Å². The molecule has 0 spiro atoms. The lowest BCUT2D eigenvalue weighted by Gasteiger charge is -2.37. The standard InChI is InChI=1S/C23H26N2O3S2.C21H26N2O3S2.C20H16N2O3S2.C16H16N2O3S2/c1-16-6-4-5-7-18(16)20(14-24)19-10-13-29-21(19)25-28-30(26,27)15-23-11-8-17(9-12-23)22(23,2)3;1-3-4-5-6-7-10-15-28(24,25)26-23-21-19(13-14-27-21)20(16-22)18-12-9-8-11-17(18)2;1-14-7-9-16(10-8-14)27(23,24)25-22-20-18(11-12-26-20)19(13-21)17-6-4-3-5-15(17)2;1-3-10-23(19,20)21-18-16-14(8-9-22-16)15(11-17)13-7-5-4-6-12(13)2/h4-7,10,13,17H,8-9,11-12,15H2,1-3H3;8-9,11-14H,3-7,10,15H2,1-2H3;3-12H,1-2H3;4-9H,3,10H2,1-2H3/b20-19+,25-21-;20-19+,23-21-;19-18+,22-20-;15-14+,18-16-. The Bertz CT molecular complexity index is 5250. The van der Waals surface area contributed by atoms with Crippen molar-refractivity contribution in [2.24, 2.45) is 37.4 Å². The van der Waals surface area contributed by atoms with Crippen LogP contribution in [0.25, 0.3) is 22.3 Å². The summed E-state index contributed by atoms with van der Waals surface area (Å²) in [6.45, 7) is 17.8. The minimum atomic E-state index is -4.03. The summed E-state index contributed by atoms with van der Waals surface area (Å²) < 4.78 is 117. The number of thioether (sulfide) groups is 4. The summed E-state index contributed by atoms with van der Waals surface area (Å²) in [5.74, 6) is 0.454. The van der Waals surface area contributed by atoms with Crippen molar-refractivity contribution in [3.63, 3.8) is 0 Å². The van der Waals surface area contributed by atoms with Crippen LogP contribution in [0, 0.1) is 96.7 Å². The van der Waals surface area contributed by atoms with E-state index in [1.807, 2.05) is 132 Å². The van der Waals surface area contributed by atoms with Gasteiger partial charge in [-0.05, 0) is 192 Å². The molecule has 0 atom stereocenters. The molecule has 0 aromatic heterocycles. The Hall–Kier alpha value is -8.94. The lowest BCUT2D eigenvalue weighted by molar-refractivity contribution is 0.150. The largest absolute Gasteiger partial charge is 0.358 e. The second-order valence-electron chi connectivity index (χ2n) is 26.5. The van der Waals surface area contributed by atoms with Gasteiger partial charge in [-0.15, -0.1) is 0 Å². The molecule has 11 rings (SSSR count). The molecule has 20 nitrogen and oxygen atoms in total. The summed E-state index contributed by atoms with van der Waals surface area (Å²) in [7, 11) is -15.3. The van der Waals surface area contributed by atoms with Crippen molar-refractivity contribution < 1.29 is 50.8 Å². The first-order valence-electron chi connectivity index (χ1n) is 34.8. The number of allylic oxidation sites excluding steroid dienone is 8. The summed E-state index contributed by atoms with van der Waals surface area (Å²) in [5, 5.41) is 62.5. The highest BCUT2D eigenvalue weighted by molar-refractivity contribution is 8.18. The number of fused-ring (bicyclic) bond motifs is 2. The molecule has 5 aromatic carbocycles. The minimum Gasteiger partial charge on any atom is -0.267 e. The Morgan fingerprint density at radius 3 is 1.07 bits per heavy atom. The second-order valence-corrected chi connectivity index (χ2v) is 36.5. The van der Waals surface area contributed by atoms with E-state index in [9.17, 15) is 54.7 Å². The predicted octanol–water partition coefficient (Wildman–Crippen LogP) is 19.1. The zero-order chi connectivity index (χ0) is 78.3. The highest BCUT2D eigenvalue weighted by atomic mass is 32.2. The topological polar surface area (TPSA) is 318 Å². The molecule has 0 saturated heterocycles. The minimum absolute atomic E-state index is 0.000321. The average Bonchev–Trinajstić information content (AvgIpc) is 1.56. The van der Waals surface area contributed by atoms with Crippen molar-refractivity contribution in [3.8, 4) is 24.3 Å². The van der Waals surface area contributed by atoms with Crippen LogP contribution in [0.15, 0.2) is 215 Å². The molecule has 0 N–H and O–H groups in total. The third-order valence-electron chi connectivity index (χ3n) is 19.0. The maximum Gasteiger partial charge on any atom is 0.358 e. The van der Waals surface area contributed by atoms with Crippen LogP contribution in [-0.2, 0) is 57.6 Å². The fraction of sp³-hybridized carbons (Fsp3) is 0.325. The van der Waals surface area contributed by atoms with Crippen molar-refractivity contribution >= 4 is 130 Å². The van der Waals surface area contributed by atoms with Crippen molar-refractivity contribution in [1.29, 1.82) is 21.0 Å². The molecule has 0 amide bonds. The summed E-state index contributed by atoms with van der Waals surface area (Å²) in [6, 6.07) is 45.3. The molecular formula is C80H84N8O12S8. The SMILES string of the molecule is CCCCCCCCS(=O)(=O)O/N=C1\SC=C\C1=C(\C#N)c1ccccc1C.CCCS(=O)(=O)O/N=C1\SC=C\C1=C(\C#N)c1ccccc1C.Cc1ccc(S(=O)(=O)O/N=C2\SC=C\C2=C(\C#N)c2ccccc2C)cc1.Cc1ccccc1/C(C#N)=C1\C=CS\C1=N/OS(=O)(=O)CC12CCC(CC1)C2(C)C. The van der Waals surface area contributed by atoms with Crippen molar-refractivity contribution in [3.05, 3.63) is 240 Å². The highest BCUT2D eigenvalue weighted by Crippen LogP contribution is 2.66. The molecule has 2 bridgehead atoms. The van der Waals surface area contributed by atoms with Crippen LogP contribution in [0.1, 0.15) is 148 Å². The molecule has 2 fully saturated rings. The first kappa shape index (κ1) is 84.7. The van der Waals surface area contributed by atoms with Crippen molar-refractivity contribution in [2.75, 3.05) is 17.3 Å². The summed E-state index contributed by atoms with van der Waals surface area (Å²) in [5.41, 5.74) is 11.8. The van der Waals surface area contributed by atoms with Gasteiger partial charge in [0.25, 0.3) is 0 Å². The second kappa shape index (κ2) is 38.9. The number of nitriles is 4. The average molecular weight is 1610 g/mol. The monoisotopic (exact) mass is 1600 g/mol. The van der Waals surface area contributed by atoms with Crippen molar-refractivity contribution in [1.82, 2.24) is 0 Å². The van der Waals surface area contributed by atoms with Gasteiger partial charge in [0, 0.05) is 22.3 Å². The first-order chi connectivity index (χ1) is 51.6. The van der Waals surface area contributed by atoms with Crippen LogP contribution >= 0.6 is 47.0 Å². The molecule has 4 heterocycles. The van der Waals surface area contributed by atoms with Crippen LogP contribution in [0.2, 0.25) is 0 Å². The van der Waals surface area contributed by atoms with E-state index < -0.39 is 40.5 Å². The Kier molecular flexibility index (Phi) is 30.5. The van der Waals surface area contributed by atoms with Gasteiger partial charge >= 0.3 is 40.5 Å². The smallest absolute Gasteiger partial charge is 0.267 e. The van der Waals surface area contributed by atoms with Gasteiger partial charge in [-0.3, -0.25) is 17.1 Å². The predicted molar refractivity (Wildman–Crippen MR) is 437 cm³/mol. The lowest BCUT2D eigenvalue weighted by atomic mass is 9.71. The molecule has 108 heavy (non-hydrogen) atoms. The fourth-order valence-corrected chi connectivity index (χ4v) is 19.8. The zero-order valence-electron chi connectivity index (χ0n) is 61.4. The van der Waals surface area contributed by atoms with Crippen LogP contribution < -0.4 is 0 Å². The first-order valence-corrected chi connectivity index (χ1v) is 44.5. The van der Waals surface area contributed by atoms with Gasteiger partial charge < -0.3 is 0 Å². The van der Waals surface area contributed by atoms with Gasteiger partial charge in [0.05, 0.1) is 39.6 Å². The van der Waals surface area contributed by atoms with E-state index in [0.717, 1.165) is 101 Å². The Labute approximate surface area is 653 Å². The molecule has 6 aliphatic rings. The summed E-state index contributed by atoms with van der Waals surface area (Å²) in [4.78, 5) is 0.0262. The number of nitrogens with zero attached hydrogens (tertiary/aromatic N) is 8. The maximum atomic E-state index is 12.8. The third-order valence-corrected chi connectivity index (χ3v) is 26.8. The van der Waals surface area contributed by atoms with Crippen LogP contribution in [-0.4, -0.2) is 71.1 Å². The number of oxime groups is 4. The van der Waals surface area contributed by atoms with Crippen LogP contribution in [0.3, 0.4) is 0 Å². The van der Waals surface area contributed by atoms with Gasteiger partial charge in [-0.25, -0.2) is 0 Å². The normalized spacial score (nSPS) is 20.8. The van der Waals surface area contributed by atoms with Gasteiger partial charge in [-0.2, -0.15) is 54.7 Å². The van der Waals surface area contributed by atoms with Crippen molar-refractivity contribution in [2.45, 2.75) is 138 Å². The van der Waals surface area contributed by atoms with Crippen LogP contribution in [0.5, 0.6) is 0 Å². The van der Waals surface area contributed by atoms with Gasteiger partial charge in [0.15, 0.2) is 0 Å². The molecule has 4 aliphatic heterocycles.